The molecule has 136 valence electrons. The van der Waals surface area contributed by atoms with E-state index >= 15 is 0 Å². The van der Waals surface area contributed by atoms with Crippen LogP contribution in [0.5, 0.6) is 0 Å². The molecule has 2 rings (SSSR count). The summed E-state index contributed by atoms with van der Waals surface area (Å²) in [5, 5.41) is 9.82. The van der Waals surface area contributed by atoms with E-state index in [9.17, 15) is 5.26 Å². The lowest BCUT2D eigenvalue weighted by atomic mass is 9.67. The van der Waals surface area contributed by atoms with Gasteiger partial charge in [-0.25, -0.2) is 0 Å². The van der Waals surface area contributed by atoms with Gasteiger partial charge in [0.15, 0.2) is 0 Å². The van der Waals surface area contributed by atoms with Crippen LogP contribution in [0.3, 0.4) is 0 Å². The molecular formula is C23H39N. The maximum atomic E-state index is 9.82. The van der Waals surface area contributed by atoms with E-state index in [0.717, 1.165) is 37.0 Å². The number of unbranched alkanes of at least 4 members (excludes halogenated alkanes) is 1. The smallest absolute Gasteiger partial charge is 0.0689 e. The molecule has 0 radical (unpaired) electrons. The predicted octanol–water partition coefficient (Wildman–Crippen LogP) is 7.43. The highest BCUT2D eigenvalue weighted by Crippen LogP contribution is 2.44. The van der Waals surface area contributed by atoms with Crippen molar-refractivity contribution in [3.63, 3.8) is 0 Å². The van der Waals surface area contributed by atoms with Gasteiger partial charge in [0, 0.05) is 0 Å². The Morgan fingerprint density at radius 1 is 0.917 bits per heavy atom. The Bertz CT molecular complexity index is 400. The largest absolute Gasteiger partial charge is 0.198 e. The number of hydrogen-bond donors (Lipinski definition) is 0. The van der Waals surface area contributed by atoms with Crippen molar-refractivity contribution in [2.45, 2.75) is 104 Å². The summed E-state index contributed by atoms with van der Waals surface area (Å²) < 4.78 is 0. The van der Waals surface area contributed by atoms with Gasteiger partial charge >= 0.3 is 0 Å². The fourth-order valence-corrected chi connectivity index (χ4v) is 4.96. The SMILES string of the molecule is CCC/C=C\C1CCC(C#N)(CCC2CCC(CCC)CC2)CC1. The maximum Gasteiger partial charge on any atom is 0.0689 e. The standard InChI is InChI=1S/C23H39N/c1-3-5-6-8-21-13-16-23(19-24,17-14-21)18-15-22-11-9-20(7-4-2)10-12-22/h6,8,20-22H,3-5,7,9-18H2,1-2H3/b8-6-. The molecule has 1 nitrogen and oxygen atoms in total. The quantitative estimate of drug-likeness (QED) is 0.425. The highest BCUT2D eigenvalue weighted by Gasteiger charge is 2.35. The molecule has 0 amide bonds. The highest BCUT2D eigenvalue weighted by atomic mass is 14.4. The minimum absolute atomic E-state index is 0.00929. The normalized spacial score (nSPS) is 34.3. The fourth-order valence-electron chi connectivity index (χ4n) is 4.96. The Morgan fingerprint density at radius 2 is 1.54 bits per heavy atom. The van der Waals surface area contributed by atoms with Crippen LogP contribution < -0.4 is 0 Å². The molecule has 0 aromatic heterocycles. The van der Waals surface area contributed by atoms with E-state index in [0.29, 0.717) is 0 Å². The van der Waals surface area contributed by atoms with Gasteiger partial charge in [-0.15, -0.1) is 0 Å². The number of allylic oxidation sites excluding steroid dienone is 2. The lowest BCUT2D eigenvalue weighted by Gasteiger charge is -2.36. The van der Waals surface area contributed by atoms with Crippen molar-refractivity contribution < 1.29 is 0 Å². The van der Waals surface area contributed by atoms with Crippen LogP contribution in [-0.2, 0) is 0 Å². The van der Waals surface area contributed by atoms with Crippen molar-refractivity contribution in [3.8, 4) is 6.07 Å². The second-order valence-corrected chi connectivity index (χ2v) is 8.66. The van der Waals surface area contributed by atoms with Gasteiger partial charge in [-0.05, 0) is 62.7 Å². The van der Waals surface area contributed by atoms with Gasteiger partial charge in [0.05, 0.1) is 11.5 Å². The summed E-state index contributed by atoms with van der Waals surface area (Å²) in [5.41, 5.74) is 0.00929. The van der Waals surface area contributed by atoms with Gasteiger partial charge in [-0.2, -0.15) is 5.26 Å². The van der Waals surface area contributed by atoms with Crippen LogP contribution in [0.2, 0.25) is 0 Å². The van der Waals surface area contributed by atoms with Crippen LogP contribution in [-0.4, -0.2) is 0 Å². The van der Waals surface area contributed by atoms with Crippen molar-refractivity contribution >= 4 is 0 Å². The Hall–Kier alpha value is -0.770. The lowest BCUT2D eigenvalue weighted by Crippen LogP contribution is -2.27. The molecule has 2 saturated carbocycles. The van der Waals surface area contributed by atoms with E-state index < -0.39 is 0 Å². The Labute approximate surface area is 150 Å². The topological polar surface area (TPSA) is 23.8 Å². The van der Waals surface area contributed by atoms with Crippen molar-refractivity contribution in [3.05, 3.63) is 12.2 Å². The molecule has 2 aliphatic carbocycles. The van der Waals surface area contributed by atoms with Crippen molar-refractivity contribution in [2.24, 2.45) is 23.2 Å². The van der Waals surface area contributed by atoms with Crippen molar-refractivity contribution in [2.75, 3.05) is 0 Å². The van der Waals surface area contributed by atoms with Gasteiger partial charge < -0.3 is 0 Å². The number of nitriles is 1. The lowest BCUT2D eigenvalue weighted by molar-refractivity contribution is 0.180. The molecule has 0 unspecified atom stereocenters. The number of hydrogen-bond acceptors (Lipinski definition) is 1. The molecule has 2 fully saturated rings. The van der Waals surface area contributed by atoms with Gasteiger partial charge in [0.25, 0.3) is 0 Å². The Kier molecular flexibility index (Phi) is 8.37. The third-order valence-electron chi connectivity index (χ3n) is 6.78. The van der Waals surface area contributed by atoms with Gasteiger partial charge in [-0.3, -0.25) is 0 Å². The number of nitrogens with zero attached hydrogens (tertiary/aromatic N) is 1. The fraction of sp³-hybridized carbons (Fsp3) is 0.870. The zero-order chi connectivity index (χ0) is 17.3. The summed E-state index contributed by atoms with van der Waals surface area (Å²) in [6.45, 7) is 4.55. The molecule has 0 spiro atoms. The summed E-state index contributed by atoms with van der Waals surface area (Å²) in [4.78, 5) is 0. The van der Waals surface area contributed by atoms with Crippen LogP contribution in [0.15, 0.2) is 12.2 Å². The van der Waals surface area contributed by atoms with Crippen LogP contribution >= 0.6 is 0 Å². The Balaban J connectivity index is 1.72. The highest BCUT2D eigenvalue weighted by molar-refractivity contribution is 5.04. The van der Waals surface area contributed by atoms with Gasteiger partial charge in [0.2, 0.25) is 0 Å². The van der Waals surface area contributed by atoms with Crippen LogP contribution in [0.25, 0.3) is 0 Å². The molecule has 0 saturated heterocycles. The first-order chi connectivity index (χ1) is 11.7. The van der Waals surface area contributed by atoms with E-state index in [4.69, 9.17) is 0 Å². The van der Waals surface area contributed by atoms with Gasteiger partial charge in [-0.1, -0.05) is 70.9 Å². The molecule has 0 atom stereocenters. The van der Waals surface area contributed by atoms with Crippen LogP contribution in [0, 0.1) is 34.5 Å². The molecule has 0 heterocycles. The third kappa shape index (κ3) is 5.94. The van der Waals surface area contributed by atoms with Gasteiger partial charge in [0.1, 0.15) is 0 Å². The third-order valence-corrected chi connectivity index (χ3v) is 6.78. The molecule has 2 aliphatic rings. The van der Waals surface area contributed by atoms with Crippen LogP contribution in [0.1, 0.15) is 104 Å². The first-order valence-electron chi connectivity index (χ1n) is 10.8. The van der Waals surface area contributed by atoms with E-state index in [1.165, 1.54) is 70.6 Å². The summed E-state index contributed by atoms with van der Waals surface area (Å²) in [6, 6.07) is 2.75. The molecule has 1 heteroatoms. The van der Waals surface area contributed by atoms with Crippen molar-refractivity contribution in [1.29, 1.82) is 5.26 Å². The molecule has 24 heavy (non-hydrogen) atoms. The second kappa shape index (κ2) is 10.3. The van der Waals surface area contributed by atoms with E-state index in [1.54, 1.807) is 0 Å². The first-order valence-corrected chi connectivity index (χ1v) is 10.8. The maximum absolute atomic E-state index is 9.82. The molecular weight excluding hydrogens is 290 g/mol. The molecule has 0 aliphatic heterocycles. The average Bonchev–Trinajstić information content (AvgIpc) is 2.63. The summed E-state index contributed by atoms with van der Waals surface area (Å²) in [7, 11) is 0. The average molecular weight is 330 g/mol. The molecule has 0 bridgehead atoms. The minimum Gasteiger partial charge on any atom is -0.198 e. The summed E-state index contributed by atoms with van der Waals surface area (Å²) in [6.07, 6.45) is 23.0. The number of rotatable bonds is 8. The van der Waals surface area contributed by atoms with E-state index in [1.807, 2.05) is 0 Å². The van der Waals surface area contributed by atoms with Crippen LogP contribution in [0.4, 0.5) is 0 Å². The minimum atomic E-state index is 0.00929. The second-order valence-electron chi connectivity index (χ2n) is 8.66. The van der Waals surface area contributed by atoms with Crippen molar-refractivity contribution in [1.82, 2.24) is 0 Å². The zero-order valence-electron chi connectivity index (χ0n) is 16.2. The van der Waals surface area contributed by atoms with E-state index in [2.05, 4.69) is 32.1 Å². The van der Waals surface area contributed by atoms with E-state index in [-0.39, 0.29) is 5.41 Å². The summed E-state index contributed by atoms with van der Waals surface area (Å²) in [5.74, 6) is 2.65. The first kappa shape index (κ1) is 19.6. The Morgan fingerprint density at radius 3 is 2.08 bits per heavy atom. The monoisotopic (exact) mass is 329 g/mol. The predicted molar refractivity (Wildman–Crippen MR) is 104 cm³/mol. The zero-order valence-corrected chi connectivity index (χ0v) is 16.2. The molecule has 0 aromatic carbocycles. The molecule has 0 aromatic rings. The molecule has 0 N–H and O–H groups in total. The summed E-state index contributed by atoms with van der Waals surface area (Å²) >= 11 is 0.